The van der Waals surface area contributed by atoms with Crippen LogP contribution in [0.3, 0.4) is 0 Å². The van der Waals surface area contributed by atoms with Crippen molar-refractivity contribution in [2.45, 2.75) is 74.4 Å². The van der Waals surface area contributed by atoms with Gasteiger partial charge >= 0.3 is 51.0 Å². The van der Waals surface area contributed by atoms with Crippen molar-refractivity contribution >= 4 is 102 Å². The van der Waals surface area contributed by atoms with Crippen LogP contribution in [0.25, 0.3) is 0 Å². The number of hydrogen-bond acceptors (Lipinski definition) is 13. The zero-order valence-corrected chi connectivity index (χ0v) is 34.4. The summed E-state index contributed by atoms with van der Waals surface area (Å²) in [4.78, 5) is 37.8. The fourth-order valence-electron chi connectivity index (χ4n) is 0.564. The van der Waals surface area contributed by atoms with Gasteiger partial charge in [0.05, 0.1) is 21.3 Å². The maximum atomic E-state index is 10.1. The SMILES string of the molecule is C.CCO[P+](=O)O.CCO[P+](=O)O.CCO[P+](=O)O.CCO[P+](=O)OC.CO[P+](=O)OC.O=[P+](O)O.[2H][Si](C)(C)C.[2H][Si](C)(C)C.[AlH3].[AlH3].[H+]. The Morgan fingerprint density at radius 1 is 0.522 bits per heavy atom. The van der Waals surface area contributed by atoms with E-state index >= 15 is 0 Å². The monoisotopic (exact) mass is 867 g/mol. The zero-order valence-electron chi connectivity index (χ0n) is 30.1. The predicted octanol–water partition coefficient (Wildman–Crippen LogP) is 4.50. The quantitative estimate of drug-likeness (QED) is 0.141. The molecule has 0 saturated carbocycles. The minimum atomic E-state index is -2.87. The first-order valence-electron chi connectivity index (χ1n) is 12.6. The second kappa shape index (κ2) is 72.4. The Hall–Kier alpha value is 1.62. The van der Waals surface area contributed by atoms with Crippen molar-refractivity contribution in [2.75, 3.05) is 47.8 Å². The smallest absolute Gasteiger partial charge is 0.134 e. The summed E-state index contributed by atoms with van der Waals surface area (Å²) < 4.78 is 101. The van der Waals surface area contributed by atoms with Gasteiger partial charge in [0.1, 0.15) is 26.4 Å². The van der Waals surface area contributed by atoms with Gasteiger partial charge in [-0.15, -0.1) is 56.1 Å². The highest BCUT2D eigenvalue weighted by Gasteiger charge is 2.13. The van der Waals surface area contributed by atoms with Crippen LogP contribution in [0.15, 0.2) is 0 Å². The lowest BCUT2D eigenvalue weighted by atomic mass is 10.9. The molecule has 0 spiro atoms. The first-order valence-corrected chi connectivity index (χ1v) is 24.3. The van der Waals surface area contributed by atoms with Gasteiger partial charge in [0.15, 0.2) is 34.7 Å². The number of rotatable bonds is 11. The van der Waals surface area contributed by atoms with E-state index in [2.05, 4.69) is 31.7 Å². The van der Waals surface area contributed by atoms with Crippen molar-refractivity contribution in [1.82, 2.24) is 0 Å². The summed E-state index contributed by atoms with van der Waals surface area (Å²) >= 11 is 0. The maximum Gasteiger partial charge on any atom is 1.00 e. The zero-order chi connectivity index (χ0) is 38.2. The summed E-state index contributed by atoms with van der Waals surface area (Å²) in [6.45, 7) is 20.0. The Kier molecular flexibility index (Phi) is 109. The molecule has 0 aliphatic heterocycles. The summed E-state index contributed by atoms with van der Waals surface area (Å²) in [6, 6.07) is 0. The molecule has 0 heterocycles. The molecular weight excluding hydrogens is 800 g/mol. The molecule has 28 heteroatoms. The fraction of sp³-hybridized carbons (Fsp3) is 1.00. The normalized spacial score (nSPS) is 10.5. The number of hydrogen-bond donors (Lipinski definition) is 5. The Morgan fingerprint density at radius 2 is 0.674 bits per heavy atom. The minimum absolute atomic E-state index is 0. The van der Waals surface area contributed by atoms with Crippen molar-refractivity contribution in [1.29, 1.82) is 2.47 Å². The van der Waals surface area contributed by atoms with E-state index in [9.17, 15) is 22.8 Å². The molecule has 18 nitrogen and oxygen atoms in total. The third-order valence-corrected chi connectivity index (χ3v) is 4.20. The first kappa shape index (κ1) is 69.4. The molecule has 0 fully saturated rings. The average Bonchev–Trinajstić information content (AvgIpc) is 2.82. The molecule has 0 rings (SSSR count). The minimum Gasteiger partial charge on any atom is -0.134 e. The second-order valence-electron chi connectivity index (χ2n) is 6.63. The van der Waals surface area contributed by atoms with Crippen molar-refractivity contribution < 1.29 is 85.0 Å². The molecule has 4 unspecified atom stereocenters. The maximum absolute atomic E-state index is 10.1. The van der Waals surface area contributed by atoms with Gasteiger partial charge < -0.3 is 0 Å². The van der Waals surface area contributed by atoms with Gasteiger partial charge in [0, 0.05) is 47.3 Å². The van der Waals surface area contributed by atoms with Crippen LogP contribution in [0.2, 0.25) is 39.3 Å². The molecule has 0 aromatic rings. The first-order chi connectivity index (χ1) is 20.2. The highest BCUT2D eigenvalue weighted by Crippen LogP contribution is 2.20. The van der Waals surface area contributed by atoms with E-state index in [1.54, 1.807) is 27.7 Å². The molecule has 46 heavy (non-hydrogen) atoms. The Balaban J connectivity index is -0.0000000317. The standard InChI is InChI=1S/C3H8O3P.2C3H10Si.C2H6O3P.3C2H5O3P.CH4.2Al.HO3P.6H/c1-3-6-7(4)5-2;2*1-4(2)3;1-4-6(3)5-2;3*1-2-5-6(3)4;;;;1-4(2)3;;;;;;/h3H2,1-2H3;2*4H,1-3H3;1-2H3;3*2H2,1H3;1H4;;;(H-,1,2,3);;;;;;/q+1;;;+1;;;;;;;;;;;;;/p+5/i;2*4D;;;;;;;;;;;;;;. The third-order valence-electron chi connectivity index (χ3n) is 1.40. The van der Waals surface area contributed by atoms with Crippen molar-refractivity contribution in [3.05, 3.63) is 0 Å². The van der Waals surface area contributed by atoms with E-state index in [-0.39, 0.29) is 43.6 Å². The van der Waals surface area contributed by atoms with E-state index in [1.807, 2.05) is 39.3 Å². The summed E-state index contributed by atoms with van der Waals surface area (Å²) in [7, 11) is -12.3. The lowest BCUT2D eigenvalue weighted by Gasteiger charge is -1.75. The van der Waals surface area contributed by atoms with Crippen LogP contribution < -0.4 is 0 Å². The summed E-state index contributed by atoms with van der Waals surface area (Å²) in [6.07, 6.45) is 0. The molecule has 0 aromatic carbocycles. The van der Waals surface area contributed by atoms with Gasteiger partial charge in [-0.05, 0) is 27.7 Å². The Morgan fingerprint density at radius 3 is 0.696 bits per heavy atom. The highest BCUT2D eigenvalue weighted by atomic mass is 31.1. The van der Waals surface area contributed by atoms with E-state index in [0.29, 0.717) is 26.4 Å². The highest BCUT2D eigenvalue weighted by molar-refractivity contribution is 7.33. The predicted molar refractivity (Wildman–Crippen MR) is 201 cm³/mol. The van der Waals surface area contributed by atoms with Crippen LogP contribution in [-0.2, 0) is 59.1 Å². The molecule has 0 aliphatic rings. The van der Waals surface area contributed by atoms with E-state index in [0.717, 1.165) is 0 Å². The molecule has 0 bridgehead atoms. The van der Waals surface area contributed by atoms with Gasteiger partial charge in [-0.25, -0.2) is 0 Å². The van der Waals surface area contributed by atoms with Crippen molar-refractivity contribution in [3.63, 3.8) is 0 Å². The fourth-order valence-corrected chi connectivity index (χ4v) is 1.69. The van der Waals surface area contributed by atoms with Gasteiger partial charge in [-0.1, -0.05) is 46.7 Å². The van der Waals surface area contributed by atoms with Gasteiger partial charge in [0.25, 0.3) is 0 Å². The van der Waals surface area contributed by atoms with Crippen LogP contribution in [0.5, 0.6) is 0 Å². The van der Waals surface area contributed by atoms with Crippen LogP contribution in [0, 0.1) is 0 Å². The second-order valence-corrected chi connectivity index (χ2v) is 17.6. The Labute approximate surface area is 310 Å². The van der Waals surface area contributed by atoms with Gasteiger partial charge in [0.2, 0.25) is 0 Å². The van der Waals surface area contributed by atoms with Gasteiger partial charge in [-0.2, -0.15) is 0 Å². The van der Waals surface area contributed by atoms with E-state index in [1.165, 1.54) is 21.3 Å². The van der Waals surface area contributed by atoms with E-state index in [4.69, 9.17) is 31.5 Å². The van der Waals surface area contributed by atoms with Crippen molar-refractivity contribution in [2.24, 2.45) is 0 Å². The Bertz CT molecular complexity index is 680. The summed E-state index contributed by atoms with van der Waals surface area (Å²) in [5, 5.41) is 0. The average molecular weight is 868 g/mol. The third kappa shape index (κ3) is 236. The molecule has 0 aliphatic carbocycles. The van der Waals surface area contributed by atoms with Crippen LogP contribution in [0.1, 0.15) is 36.5 Å². The lowest BCUT2D eigenvalue weighted by molar-refractivity contribution is 0.268. The topological polar surface area (TPSA) is 268 Å². The van der Waals surface area contributed by atoms with E-state index < -0.39 is 67.0 Å². The van der Waals surface area contributed by atoms with Crippen molar-refractivity contribution in [3.8, 4) is 0 Å². The molecule has 4 atom stereocenters. The van der Waals surface area contributed by atoms with Gasteiger partial charge in [-0.3, -0.25) is 0 Å². The van der Waals surface area contributed by atoms with Crippen LogP contribution in [0.4, 0.5) is 0 Å². The summed E-state index contributed by atoms with van der Waals surface area (Å²) in [5.74, 6) is 0. The molecule has 282 valence electrons. The molecule has 0 saturated heterocycles. The summed E-state index contributed by atoms with van der Waals surface area (Å²) in [5.41, 5.74) is 0. The molecule has 0 radical (unpaired) electrons. The van der Waals surface area contributed by atoms with Crippen LogP contribution >= 0.6 is 49.5 Å². The lowest BCUT2D eigenvalue weighted by Crippen LogP contribution is -1.84. The van der Waals surface area contributed by atoms with Crippen LogP contribution in [-0.4, -0.2) is 127 Å². The largest absolute Gasteiger partial charge is 1.00 e. The molecule has 0 amide bonds. The molecule has 5 N–H and O–H groups in total. The molecular formula is C18H65Al2O18P6Si2+7. The molecule has 0 aromatic heterocycles.